The van der Waals surface area contributed by atoms with Crippen LogP contribution in [0.15, 0.2) is 30.3 Å². The Bertz CT molecular complexity index is 935. The zero-order valence-corrected chi connectivity index (χ0v) is 15.2. The number of nitro groups is 1. The van der Waals surface area contributed by atoms with Crippen LogP contribution < -0.4 is 14.4 Å². The third kappa shape index (κ3) is 3.74. The maximum absolute atomic E-state index is 12.2. The first-order valence-corrected chi connectivity index (χ1v) is 7.64. The Hall–Kier alpha value is -3.80. The summed E-state index contributed by atoms with van der Waals surface area (Å²) in [5, 5.41) is 20.4. The molecule has 9 nitrogen and oxygen atoms in total. The van der Waals surface area contributed by atoms with E-state index in [0.717, 1.165) is 0 Å². The van der Waals surface area contributed by atoms with Gasteiger partial charge >= 0.3 is 5.97 Å². The first-order valence-electron chi connectivity index (χ1n) is 7.64. The molecular formula is C18H17N3O6. The van der Waals surface area contributed by atoms with Gasteiger partial charge in [-0.3, -0.25) is 10.1 Å². The Morgan fingerprint density at radius 2 is 1.74 bits per heavy atom. The molecule has 0 fully saturated rings. The number of carbonyl (C=O) groups is 1. The van der Waals surface area contributed by atoms with Gasteiger partial charge < -0.3 is 19.1 Å². The molecular weight excluding hydrogens is 354 g/mol. The number of benzene rings is 2. The van der Waals surface area contributed by atoms with E-state index in [2.05, 4.69) is 0 Å². The van der Waals surface area contributed by atoms with Gasteiger partial charge in [0.05, 0.1) is 49.1 Å². The number of esters is 1. The molecule has 0 aliphatic rings. The Balaban J connectivity index is 2.72. The maximum Gasteiger partial charge on any atom is 0.340 e. The standard InChI is InChI=1S/C18H17N3O6/c1-20(13-6-5-11(10-19)7-15(13)21(23)24)14-9-17(26-3)16(25-2)8-12(14)18(22)27-4/h5-9H,1-4H3. The van der Waals surface area contributed by atoms with E-state index in [-0.39, 0.29) is 22.5 Å². The molecule has 0 heterocycles. The highest BCUT2D eigenvalue weighted by Gasteiger charge is 2.25. The number of nitriles is 1. The summed E-state index contributed by atoms with van der Waals surface area (Å²) in [5.41, 5.74) is 0.515. The molecule has 0 unspecified atom stereocenters. The molecule has 0 spiro atoms. The molecule has 140 valence electrons. The number of methoxy groups -OCH3 is 3. The molecule has 27 heavy (non-hydrogen) atoms. The van der Waals surface area contributed by atoms with Crippen molar-refractivity contribution in [1.29, 1.82) is 5.26 Å². The molecule has 2 aromatic carbocycles. The Morgan fingerprint density at radius 3 is 2.26 bits per heavy atom. The average Bonchev–Trinajstić information content (AvgIpc) is 2.70. The maximum atomic E-state index is 12.2. The summed E-state index contributed by atoms with van der Waals surface area (Å²) >= 11 is 0. The molecule has 2 rings (SSSR count). The Morgan fingerprint density at radius 1 is 1.11 bits per heavy atom. The SMILES string of the molecule is COC(=O)c1cc(OC)c(OC)cc1N(C)c1ccc(C#N)cc1[N+](=O)[O-]. The van der Waals surface area contributed by atoms with Crippen molar-refractivity contribution in [2.24, 2.45) is 0 Å². The molecule has 0 saturated heterocycles. The van der Waals surface area contributed by atoms with Gasteiger partial charge in [0.1, 0.15) is 5.69 Å². The quantitative estimate of drug-likeness (QED) is 0.432. The Kier molecular flexibility index (Phi) is 5.82. The van der Waals surface area contributed by atoms with Crippen LogP contribution in [0.1, 0.15) is 15.9 Å². The van der Waals surface area contributed by atoms with Gasteiger partial charge in [-0.2, -0.15) is 5.26 Å². The average molecular weight is 371 g/mol. The third-order valence-corrected chi connectivity index (χ3v) is 3.93. The normalized spacial score (nSPS) is 9.89. The van der Waals surface area contributed by atoms with Crippen LogP contribution in [0.25, 0.3) is 0 Å². The van der Waals surface area contributed by atoms with Gasteiger partial charge in [0, 0.05) is 25.2 Å². The molecule has 9 heteroatoms. The number of rotatable bonds is 6. The number of nitro benzene ring substituents is 1. The van der Waals surface area contributed by atoms with E-state index in [0.29, 0.717) is 17.2 Å². The summed E-state index contributed by atoms with van der Waals surface area (Å²) in [6.45, 7) is 0. The van der Waals surface area contributed by atoms with E-state index in [1.165, 1.54) is 56.6 Å². The predicted molar refractivity (Wildman–Crippen MR) is 96.8 cm³/mol. The summed E-state index contributed by atoms with van der Waals surface area (Å²) in [7, 11) is 5.65. The van der Waals surface area contributed by atoms with Crippen LogP contribution in [0.4, 0.5) is 17.1 Å². The van der Waals surface area contributed by atoms with Crippen molar-refractivity contribution in [3.05, 3.63) is 51.6 Å². The van der Waals surface area contributed by atoms with Gasteiger partial charge in [0.25, 0.3) is 5.69 Å². The second-order valence-electron chi connectivity index (χ2n) is 5.35. The van der Waals surface area contributed by atoms with E-state index >= 15 is 0 Å². The summed E-state index contributed by atoms with van der Waals surface area (Å²) in [5.74, 6) is 0.00165. The fourth-order valence-corrected chi connectivity index (χ4v) is 2.57. The summed E-state index contributed by atoms with van der Waals surface area (Å²) < 4.78 is 15.3. The minimum atomic E-state index is -0.644. The van der Waals surface area contributed by atoms with Gasteiger partial charge in [-0.05, 0) is 12.1 Å². The second kappa shape index (κ2) is 8.05. The monoisotopic (exact) mass is 371 g/mol. The smallest absolute Gasteiger partial charge is 0.340 e. The van der Waals surface area contributed by atoms with E-state index in [1.807, 2.05) is 6.07 Å². The summed E-state index contributed by atoms with van der Waals surface area (Å²) in [4.78, 5) is 24.6. The molecule has 0 saturated carbocycles. The van der Waals surface area contributed by atoms with Crippen molar-refractivity contribution in [3.8, 4) is 17.6 Å². The zero-order valence-electron chi connectivity index (χ0n) is 15.2. The lowest BCUT2D eigenvalue weighted by molar-refractivity contribution is -0.384. The fraction of sp³-hybridized carbons (Fsp3) is 0.222. The second-order valence-corrected chi connectivity index (χ2v) is 5.35. The van der Waals surface area contributed by atoms with E-state index in [9.17, 15) is 14.9 Å². The fourth-order valence-electron chi connectivity index (χ4n) is 2.57. The molecule has 0 aliphatic heterocycles. The van der Waals surface area contributed by atoms with Crippen LogP contribution in [0, 0.1) is 21.4 Å². The molecule has 0 aromatic heterocycles. The van der Waals surface area contributed by atoms with Gasteiger partial charge in [-0.15, -0.1) is 0 Å². The summed E-state index contributed by atoms with van der Waals surface area (Å²) in [6.07, 6.45) is 0. The highest BCUT2D eigenvalue weighted by Crippen LogP contribution is 2.40. The van der Waals surface area contributed by atoms with Gasteiger partial charge in [0.2, 0.25) is 0 Å². The number of hydrogen-bond acceptors (Lipinski definition) is 8. The largest absolute Gasteiger partial charge is 0.493 e. The molecule has 2 aromatic rings. The van der Waals surface area contributed by atoms with Gasteiger partial charge in [0.15, 0.2) is 11.5 Å². The third-order valence-electron chi connectivity index (χ3n) is 3.93. The van der Waals surface area contributed by atoms with Gasteiger partial charge in [-0.25, -0.2) is 4.79 Å². The van der Waals surface area contributed by atoms with E-state index in [4.69, 9.17) is 19.5 Å². The lowest BCUT2D eigenvalue weighted by Crippen LogP contribution is -2.17. The molecule has 0 aliphatic carbocycles. The number of ether oxygens (including phenoxy) is 3. The first kappa shape index (κ1) is 19.5. The molecule has 0 N–H and O–H groups in total. The van der Waals surface area contributed by atoms with Crippen LogP contribution in [-0.4, -0.2) is 39.3 Å². The van der Waals surface area contributed by atoms with Crippen LogP contribution >= 0.6 is 0 Å². The van der Waals surface area contributed by atoms with E-state index in [1.54, 1.807) is 7.05 Å². The van der Waals surface area contributed by atoms with Crippen LogP contribution in [0.2, 0.25) is 0 Å². The van der Waals surface area contributed by atoms with Crippen molar-refractivity contribution >= 4 is 23.0 Å². The highest BCUT2D eigenvalue weighted by atomic mass is 16.6. The number of carbonyl (C=O) groups excluding carboxylic acids is 1. The van der Waals surface area contributed by atoms with Crippen LogP contribution in [0.5, 0.6) is 11.5 Å². The molecule has 0 radical (unpaired) electrons. The zero-order chi connectivity index (χ0) is 20.1. The van der Waals surface area contributed by atoms with Crippen molar-refractivity contribution < 1.29 is 23.9 Å². The minimum absolute atomic E-state index is 0.135. The molecule has 0 atom stereocenters. The Labute approximate surface area is 155 Å². The number of anilines is 2. The number of hydrogen-bond donors (Lipinski definition) is 0. The predicted octanol–water partition coefficient (Wildman–Crippen LogP) is 3.04. The van der Waals surface area contributed by atoms with Crippen molar-refractivity contribution in [3.63, 3.8) is 0 Å². The lowest BCUT2D eigenvalue weighted by atomic mass is 10.1. The number of nitrogens with zero attached hydrogens (tertiary/aromatic N) is 3. The molecule has 0 amide bonds. The first-order chi connectivity index (χ1) is 12.9. The minimum Gasteiger partial charge on any atom is -0.493 e. The topological polar surface area (TPSA) is 115 Å². The van der Waals surface area contributed by atoms with Crippen molar-refractivity contribution in [1.82, 2.24) is 0 Å². The van der Waals surface area contributed by atoms with Crippen molar-refractivity contribution in [2.45, 2.75) is 0 Å². The van der Waals surface area contributed by atoms with E-state index < -0.39 is 10.9 Å². The molecule has 0 bridgehead atoms. The van der Waals surface area contributed by atoms with Crippen LogP contribution in [-0.2, 0) is 4.74 Å². The highest BCUT2D eigenvalue weighted by molar-refractivity contribution is 5.98. The van der Waals surface area contributed by atoms with Crippen LogP contribution in [0.3, 0.4) is 0 Å². The van der Waals surface area contributed by atoms with Crippen molar-refractivity contribution in [2.75, 3.05) is 33.3 Å². The van der Waals surface area contributed by atoms with Gasteiger partial charge in [-0.1, -0.05) is 0 Å². The lowest BCUT2D eigenvalue weighted by Gasteiger charge is -2.23. The summed E-state index contributed by atoms with van der Waals surface area (Å²) in [6, 6.07) is 8.89.